The van der Waals surface area contributed by atoms with E-state index in [2.05, 4.69) is 171 Å². The van der Waals surface area contributed by atoms with E-state index >= 15 is 0 Å². The highest BCUT2D eigenvalue weighted by Gasteiger charge is 2.22. The lowest BCUT2D eigenvalue weighted by atomic mass is 9.87. The number of hydrogen-bond acceptors (Lipinski definition) is 2. The predicted octanol–water partition coefficient (Wildman–Crippen LogP) is 13.4. The molecular formula is C44H33NS. The van der Waals surface area contributed by atoms with Crippen molar-refractivity contribution in [1.29, 1.82) is 0 Å². The zero-order valence-corrected chi connectivity index (χ0v) is 27.0. The Hall–Kier alpha value is -5.18. The van der Waals surface area contributed by atoms with E-state index in [1.807, 2.05) is 11.3 Å². The maximum absolute atomic E-state index is 2.51. The molecule has 0 atom stereocenters. The van der Waals surface area contributed by atoms with Crippen LogP contribution in [0.3, 0.4) is 0 Å². The molecule has 0 saturated carbocycles. The van der Waals surface area contributed by atoms with E-state index in [9.17, 15) is 0 Å². The van der Waals surface area contributed by atoms with Crippen LogP contribution in [-0.4, -0.2) is 0 Å². The minimum atomic E-state index is 0.112. The molecule has 0 aliphatic rings. The van der Waals surface area contributed by atoms with Gasteiger partial charge in [0, 0.05) is 36.6 Å². The highest BCUT2D eigenvalue weighted by Crippen LogP contribution is 2.47. The van der Waals surface area contributed by atoms with Crippen LogP contribution in [0.15, 0.2) is 146 Å². The summed E-state index contributed by atoms with van der Waals surface area (Å²) in [5.74, 6) is 0. The zero-order chi connectivity index (χ0) is 31.0. The van der Waals surface area contributed by atoms with Gasteiger partial charge in [0.25, 0.3) is 0 Å². The first-order valence-corrected chi connectivity index (χ1v) is 16.8. The maximum Gasteiger partial charge on any atom is 0.0546 e. The molecule has 9 rings (SSSR count). The van der Waals surface area contributed by atoms with Crippen molar-refractivity contribution >= 4 is 91.7 Å². The van der Waals surface area contributed by atoms with Crippen LogP contribution in [0.5, 0.6) is 0 Å². The first-order chi connectivity index (χ1) is 22.4. The van der Waals surface area contributed by atoms with Gasteiger partial charge in [-0.3, -0.25) is 0 Å². The summed E-state index contributed by atoms with van der Waals surface area (Å²) in [5.41, 5.74) is 5.02. The molecular weight excluding hydrogens is 575 g/mol. The fraction of sp³-hybridized carbons (Fsp3) is 0.0909. The van der Waals surface area contributed by atoms with Crippen molar-refractivity contribution in [3.63, 3.8) is 0 Å². The van der Waals surface area contributed by atoms with Gasteiger partial charge in [0.15, 0.2) is 0 Å². The Bertz CT molecular complexity index is 2520. The second-order valence-corrected chi connectivity index (χ2v) is 14.5. The van der Waals surface area contributed by atoms with Gasteiger partial charge in [-0.25, -0.2) is 0 Å². The molecule has 0 fully saturated rings. The van der Waals surface area contributed by atoms with Crippen molar-refractivity contribution in [3.05, 3.63) is 151 Å². The lowest BCUT2D eigenvalue weighted by Gasteiger charge is -2.29. The minimum absolute atomic E-state index is 0.112. The molecule has 0 bridgehead atoms. The summed E-state index contributed by atoms with van der Waals surface area (Å²) in [6, 6.07) is 54.1. The van der Waals surface area contributed by atoms with Crippen molar-refractivity contribution < 1.29 is 0 Å². The molecule has 220 valence electrons. The number of thiophene rings is 1. The molecule has 1 nitrogen and oxygen atoms in total. The Kier molecular flexibility index (Phi) is 6.00. The molecule has 0 spiro atoms. The van der Waals surface area contributed by atoms with Gasteiger partial charge in [0.2, 0.25) is 0 Å². The summed E-state index contributed by atoms with van der Waals surface area (Å²) in [6.45, 7) is 6.87. The zero-order valence-electron chi connectivity index (χ0n) is 26.2. The van der Waals surface area contributed by atoms with Crippen molar-refractivity contribution in [2.24, 2.45) is 0 Å². The van der Waals surface area contributed by atoms with Crippen molar-refractivity contribution in [2.45, 2.75) is 26.2 Å². The van der Waals surface area contributed by atoms with Crippen LogP contribution in [0, 0.1) is 0 Å². The summed E-state index contributed by atoms with van der Waals surface area (Å²) in [4.78, 5) is 2.51. The van der Waals surface area contributed by atoms with Gasteiger partial charge in [-0.1, -0.05) is 136 Å². The summed E-state index contributed by atoms with van der Waals surface area (Å²) in [7, 11) is 0. The highest BCUT2D eigenvalue weighted by atomic mass is 32.1. The van der Waals surface area contributed by atoms with Gasteiger partial charge in [0.1, 0.15) is 0 Å². The lowest BCUT2D eigenvalue weighted by molar-refractivity contribution is 0.591. The fourth-order valence-electron chi connectivity index (χ4n) is 7.22. The van der Waals surface area contributed by atoms with Crippen LogP contribution in [0.1, 0.15) is 26.3 Å². The molecule has 8 aromatic carbocycles. The fourth-order valence-corrected chi connectivity index (χ4v) is 8.40. The number of rotatable bonds is 3. The molecule has 0 aliphatic carbocycles. The van der Waals surface area contributed by atoms with Gasteiger partial charge in [-0.05, 0) is 73.6 Å². The molecule has 0 radical (unpaired) electrons. The molecule has 0 unspecified atom stereocenters. The second kappa shape index (κ2) is 10.2. The van der Waals surface area contributed by atoms with Crippen molar-refractivity contribution in [2.75, 3.05) is 4.90 Å². The molecule has 46 heavy (non-hydrogen) atoms. The molecule has 0 N–H and O–H groups in total. The van der Waals surface area contributed by atoms with E-state index in [1.54, 1.807) is 0 Å². The average Bonchev–Trinajstić information content (AvgIpc) is 3.45. The van der Waals surface area contributed by atoms with Crippen LogP contribution in [0.2, 0.25) is 0 Å². The molecule has 0 amide bonds. The molecule has 2 heteroatoms. The Morgan fingerprint density at radius 1 is 0.413 bits per heavy atom. The first-order valence-electron chi connectivity index (χ1n) is 16.0. The first kappa shape index (κ1) is 27.2. The Morgan fingerprint density at radius 3 is 1.41 bits per heavy atom. The lowest BCUT2D eigenvalue weighted by Crippen LogP contribution is -2.11. The third-order valence-corrected chi connectivity index (χ3v) is 10.7. The van der Waals surface area contributed by atoms with Gasteiger partial charge in [0.05, 0.1) is 11.4 Å². The topological polar surface area (TPSA) is 3.24 Å². The van der Waals surface area contributed by atoms with Gasteiger partial charge in [-0.15, -0.1) is 11.3 Å². The Morgan fingerprint density at radius 2 is 0.870 bits per heavy atom. The highest BCUT2D eigenvalue weighted by molar-refractivity contribution is 7.25. The minimum Gasteiger partial charge on any atom is -0.309 e. The quantitative estimate of drug-likeness (QED) is 0.181. The van der Waals surface area contributed by atoms with Crippen LogP contribution in [0.4, 0.5) is 17.1 Å². The number of fused-ring (bicyclic) bond motifs is 9. The van der Waals surface area contributed by atoms with E-state index < -0.39 is 0 Å². The van der Waals surface area contributed by atoms with Gasteiger partial charge < -0.3 is 4.90 Å². The monoisotopic (exact) mass is 607 g/mol. The second-order valence-electron chi connectivity index (χ2n) is 13.4. The average molecular weight is 608 g/mol. The van der Waals surface area contributed by atoms with Crippen LogP contribution in [-0.2, 0) is 5.41 Å². The third kappa shape index (κ3) is 4.21. The van der Waals surface area contributed by atoms with Gasteiger partial charge >= 0.3 is 0 Å². The third-order valence-electron chi connectivity index (χ3n) is 9.56. The van der Waals surface area contributed by atoms with E-state index in [0.717, 1.165) is 5.69 Å². The van der Waals surface area contributed by atoms with Crippen LogP contribution >= 0.6 is 11.3 Å². The number of hydrogen-bond donors (Lipinski definition) is 0. The smallest absolute Gasteiger partial charge is 0.0546 e. The van der Waals surface area contributed by atoms with E-state index in [1.165, 1.54) is 80.2 Å². The van der Waals surface area contributed by atoms with E-state index in [-0.39, 0.29) is 5.41 Å². The normalized spacial score (nSPS) is 12.2. The van der Waals surface area contributed by atoms with Crippen molar-refractivity contribution in [1.82, 2.24) is 0 Å². The molecule has 9 aromatic rings. The maximum atomic E-state index is 2.51. The summed E-state index contributed by atoms with van der Waals surface area (Å²) in [5, 5.41) is 12.7. The summed E-state index contributed by atoms with van der Waals surface area (Å²) < 4.78 is 2.65. The molecule has 0 aliphatic heterocycles. The van der Waals surface area contributed by atoms with Crippen LogP contribution < -0.4 is 4.90 Å². The molecule has 1 aromatic heterocycles. The Labute approximate surface area is 272 Å². The summed E-state index contributed by atoms with van der Waals surface area (Å²) >= 11 is 1.90. The van der Waals surface area contributed by atoms with Crippen LogP contribution in [0.25, 0.3) is 63.3 Å². The summed E-state index contributed by atoms with van der Waals surface area (Å²) in [6.07, 6.45) is 0. The largest absolute Gasteiger partial charge is 0.309 e. The molecule has 0 saturated heterocycles. The van der Waals surface area contributed by atoms with E-state index in [4.69, 9.17) is 0 Å². The Balaban J connectivity index is 1.38. The number of anilines is 3. The van der Waals surface area contributed by atoms with E-state index in [0.29, 0.717) is 0 Å². The SMILES string of the molecule is CC(C)(C)c1ccc2c(c1)sc1cc(N(c3cc4ccccc4c4ccccc34)c3cc4ccccc4c4ccccc34)ccc12. The molecule has 1 heterocycles. The number of nitrogens with zero attached hydrogens (tertiary/aromatic N) is 1. The number of benzene rings is 8. The standard InChI is InChI=1S/C44H33NS/c1-44(2,3)30-20-22-38-39-23-21-31(27-43(39)46-42(38)26-30)45(40-24-28-12-4-6-14-32(28)34-16-8-10-18-36(34)40)41-25-29-13-5-7-15-33(29)35-17-9-11-19-37(35)41/h4-27H,1-3H3. The predicted molar refractivity (Wildman–Crippen MR) is 203 cm³/mol. The van der Waals surface area contributed by atoms with Gasteiger partial charge in [-0.2, -0.15) is 0 Å². The van der Waals surface area contributed by atoms with Crippen molar-refractivity contribution in [3.8, 4) is 0 Å².